The van der Waals surface area contributed by atoms with Crippen molar-refractivity contribution < 1.29 is 28.7 Å². The van der Waals surface area contributed by atoms with Gasteiger partial charge in [-0.25, -0.2) is 0 Å². The summed E-state index contributed by atoms with van der Waals surface area (Å²) in [6.45, 7) is 1.18. The molecule has 1 N–H and O–H groups in total. The molecule has 7 rings (SSSR count). The fourth-order valence-electron chi connectivity index (χ4n) is 6.25. The molecule has 1 fully saturated rings. The minimum absolute atomic E-state index is 0.244. The van der Waals surface area contributed by atoms with Crippen molar-refractivity contribution in [2.24, 2.45) is 11.8 Å². The number of nitrogens with one attached hydrogen (secondary N) is 1. The van der Waals surface area contributed by atoms with E-state index in [9.17, 15) is 19.2 Å². The Morgan fingerprint density at radius 2 is 1.29 bits per heavy atom. The van der Waals surface area contributed by atoms with Crippen molar-refractivity contribution in [2.75, 3.05) is 25.1 Å². The number of amides is 3. The van der Waals surface area contributed by atoms with Crippen LogP contribution in [-0.4, -0.2) is 48.3 Å². The number of benzene rings is 3. The molecule has 3 aliphatic carbocycles. The highest BCUT2D eigenvalue weighted by atomic mass is 16.5. The maximum atomic E-state index is 13.6. The van der Waals surface area contributed by atoms with Crippen molar-refractivity contribution >= 4 is 29.4 Å². The molecule has 8 heteroatoms. The molecule has 3 aromatic carbocycles. The van der Waals surface area contributed by atoms with E-state index in [2.05, 4.69) is 5.32 Å². The monoisotopic (exact) mass is 510 g/mol. The lowest BCUT2D eigenvalue weighted by Gasteiger charge is -2.45. The summed E-state index contributed by atoms with van der Waals surface area (Å²) in [5, 5.41) is 2.65. The molecule has 4 aliphatic rings. The molecule has 192 valence electrons. The van der Waals surface area contributed by atoms with Gasteiger partial charge in [0, 0.05) is 11.8 Å². The third-order valence-corrected chi connectivity index (χ3v) is 7.65. The van der Waals surface area contributed by atoms with E-state index in [-0.39, 0.29) is 23.7 Å². The Labute approximate surface area is 219 Å². The molecule has 0 spiro atoms. The number of hydrogen-bond donors (Lipinski definition) is 1. The number of carbonyl (C=O) groups excluding carboxylic acids is 4. The zero-order valence-corrected chi connectivity index (χ0v) is 20.8. The highest BCUT2D eigenvalue weighted by Crippen LogP contribution is 2.60. The van der Waals surface area contributed by atoms with Crippen molar-refractivity contribution in [3.05, 3.63) is 95.1 Å². The van der Waals surface area contributed by atoms with Crippen LogP contribution in [-0.2, 0) is 23.9 Å². The summed E-state index contributed by atoms with van der Waals surface area (Å²) in [5.41, 5.74) is 4.71. The summed E-state index contributed by atoms with van der Waals surface area (Å²) < 4.78 is 10.6. The Bertz CT molecular complexity index is 1350. The van der Waals surface area contributed by atoms with Crippen molar-refractivity contribution in [3.8, 4) is 5.75 Å². The molecule has 2 atom stereocenters. The normalized spacial score (nSPS) is 22.4. The summed E-state index contributed by atoms with van der Waals surface area (Å²) in [4.78, 5) is 53.2. The number of para-hydroxylation sites is 2. The van der Waals surface area contributed by atoms with Gasteiger partial charge in [-0.3, -0.25) is 24.1 Å². The zero-order chi connectivity index (χ0) is 26.4. The Hall–Kier alpha value is -4.46. The summed E-state index contributed by atoms with van der Waals surface area (Å²) >= 11 is 0. The molecule has 1 heterocycles. The predicted octanol–water partition coefficient (Wildman–Crippen LogP) is 3.46. The van der Waals surface area contributed by atoms with E-state index in [1.54, 1.807) is 24.3 Å². The van der Waals surface area contributed by atoms with E-state index in [0.717, 1.165) is 27.2 Å². The molecule has 38 heavy (non-hydrogen) atoms. The first-order valence-corrected chi connectivity index (χ1v) is 12.7. The molecular weight excluding hydrogens is 484 g/mol. The number of carbonyl (C=O) groups is 4. The van der Waals surface area contributed by atoms with Crippen LogP contribution in [0.5, 0.6) is 5.75 Å². The van der Waals surface area contributed by atoms with Gasteiger partial charge in [0.05, 0.1) is 24.1 Å². The number of ether oxygens (including phenoxy) is 2. The summed E-state index contributed by atoms with van der Waals surface area (Å²) in [5.74, 6) is -3.23. The number of esters is 1. The minimum Gasteiger partial charge on any atom is -0.492 e. The molecule has 0 saturated carbocycles. The van der Waals surface area contributed by atoms with Gasteiger partial charge in [0.2, 0.25) is 11.8 Å². The van der Waals surface area contributed by atoms with Crippen molar-refractivity contribution in [1.82, 2.24) is 4.90 Å². The summed E-state index contributed by atoms with van der Waals surface area (Å²) in [7, 11) is 0. The maximum Gasteiger partial charge on any atom is 0.326 e. The lowest BCUT2D eigenvalue weighted by atomic mass is 9.55. The molecule has 8 nitrogen and oxygen atoms in total. The Morgan fingerprint density at radius 1 is 0.789 bits per heavy atom. The number of rotatable bonds is 7. The van der Waals surface area contributed by atoms with Crippen molar-refractivity contribution in [2.45, 2.75) is 18.8 Å². The van der Waals surface area contributed by atoms with Crippen molar-refractivity contribution in [3.63, 3.8) is 0 Å². The van der Waals surface area contributed by atoms with Crippen LogP contribution < -0.4 is 10.1 Å². The van der Waals surface area contributed by atoms with Crippen LogP contribution in [0.1, 0.15) is 41.0 Å². The minimum atomic E-state index is -0.819. The molecule has 2 bridgehead atoms. The molecule has 1 aliphatic heterocycles. The number of imide groups is 1. The van der Waals surface area contributed by atoms with Gasteiger partial charge < -0.3 is 14.8 Å². The van der Waals surface area contributed by atoms with Crippen molar-refractivity contribution in [1.29, 1.82) is 0 Å². The highest BCUT2D eigenvalue weighted by Gasteiger charge is 2.61. The lowest BCUT2D eigenvalue weighted by Crippen LogP contribution is -2.41. The maximum absolute atomic E-state index is 13.6. The van der Waals surface area contributed by atoms with Gasteiger partial charge in [-0.15, -0.1) is 0 Å². The van der Waals surface area contributed by atoms with E-state index in [0.29, 0.717) is 18.0 Å². The van der Waals surface area contributed by atoms with Gasteiger partial charge >= 0.3 is 5.97 Å². The standard InChI is InChI=1S/C30H26N2O6/c1-2-37-22-14-8-7-13-21(22)31-23(33)16-38-24(34)15-32-29(35)27-25-17-9-3-4-10-18(17)26(28(27)30(32)36)20-12-6-5-11-19(20)25/h3-14,25-28H,2,15-16H2,1H3,(H,31,33)/t25?,26?,27-,28-/m1/s1. The van der Waals surface area contributed by atoms with Crippen LogP contribution >= 0.6 is 0 Å². The number of likely N-dealkylation sites (tertiary alicyclic amines) is 1. The smallest absolute Gasteiger partial charge is 0.326 e. The first kappa shape index (κ1) is 23.9. The molecule has 0 aromatic heterocycles. The third kappa shape index (κ3) is 3.75. The van der Waals surface area contributed by atoms with Gasteiger partial charge in [-0.2, -0.15) is 0 Å². The number of hydrogen-bond acceptors (Lipinski definition) is 6. The van der Waals surface area contributed by atoms with Gasteiger partial charge in [0.1, 0.15) is 12.3 Å². The third-order valence-electron chi connectivity index (χ3n) is 7.65. The van der Waals surface area contributed by atoms with E-state index < -0.39 is 36.9 Å². The predicted molar refractivity (Wildman–Crippen MR) is 137 cm³/mol. The Balaban J connectivity index is 1.16. The average molecular weight is 511 g/mol. The van der Waals surface area contributed by atoms with Crippen LogP contribution in [0, 0.1) is 11.8 Å². The first-order chi connectivity index (χ1) is 18.5. The van der Waals surface area contributed by atoms with Crippen LogP contribution in [0.25, 0.3) is 0 Å². The molecule has 3 aromatic rings. The fraction of sp³-hybridized carbons (Fsp3) is 0.267. The summed E-state index contributed by atoms with van der Waals surface area (Å²) in [6.07, 6.45) is 0. The van der Waals surface area contributed by atoms with E-state index in [1.165, 1.54) is 0 Å². The van der Waals surface area contributed by atoms with Crippen LogP contribution in [0.4, 0.5) is 5.69 Å². The quantitative estimate of drug-likeness (QED) is 0.386. The van der Waals surface area contributed by atoms with Crippen LogP contribution in [0.3, 0.4) is 0 Å². The van der Waals surface area contributed by atoms with Gasteiger partial charge in [0.25, 0.3) is 5.91 Å². The zero-order valence-electron chi connectivity index (χ0n) is 20.8. The topological polar surface area (TPSA) is 102 Å². The molecule has 1 saturated heterocycles. The molecule has 3 amide bonds. The molecule has 0 radical (unpaired) electrons. The molecular formula is C30H26N2O6. The summed E-state index contributed by atoms with van der Waals surface area (Å²) in [6, 6.07) is 22.8. The SMILES string of the molecule is CCOc1ccccc1NC(=O)COC(=O)CN1C(=O)[C@@H]2C3c4ccccc4C(c4ccccc43)[C@H]2C1=O. The Kier molecular flexibility index (Phi) is 5.94. The van der Waals surface area contributed by atoms with Crippen LogP contribution in [0.2, 0.25) is 0 Å². The highest BCUT2D eigenvalue weighted by molar-refractivity contribution is 6.09. The van der Waals surface area contributed by atoms with Gasteiger partial charge in [-0.1, -0.05) is 60.7 Å². The Morgan fingerprint density at radius 3 is 1.82 bits per heavy atom. The second-order valence-electron chi connectivity index (χ2n) is 9.67. The van der Waals surface area contributed by atoms with E-state index >= 15 is 0 Å². The fourth-order valence-corrected chi connectivity index (χ4v) is 6.25. The van der Waals surface area contributed by atoms with E-state index in [4.69, 9.17) is 9.47 Å². The number of nitrogens with zero attached hydrogens (tertiary/aromatic N) is 1. The van der Waals surface area contributed by atoms with Gasteiger partial charge in [0.15, 0.2) is 6.61 Å². The number of anilines is 1. The molecule has 0 unspecified atom stereocenters. The van der Waals surface area contributed by atoms with Crippen LogP contribution in [0.15, 0.2) is 72.8 Å². The largest absolute Gasteiger partial charge is 0.492 e. The van der Waals surface area contributed by atoms with E-state index in [1.807, 2.05) is 55.5 Å². The van der Waals surface area contributed by atoms with Gasteiger partial charge in [-0.05, 0) is 41.3 Å². The lowest BCUT2D eigenvalue weighted by molar-refractivity contribution is -0.154. The first-order valence-electron chi connectivity index (χ1n) is 12.7. The second-order valence-corrected chi connectivity index (χ2v) is 9.67. The average Bonchev–Trinajstić information content (AvgIpc) is 3.18. The second kappa shape index (κ2) is 9.45.